The van der Waals surface area contributed by atoms with Gasteiger partial charge in [-0.3, -0.25) is 0 Å². The van der Waals surface area contributed by atoms with Gasteiger partial charge in [0.05, 0.1) is 0 Å². The summed E-state index contributed by atoms with van der Waals surface area (Å²) in [5.74, 6) is 0.472. The first-order valence-electron chi connectivity index (χ1n) is 7.25. The van der Waals surface area contributed by atoms with E-state index in [9.17, 15) is 13.2 Å². The second-order valence-electron chi connectivity index (χ2n) is 5.45. The fourth-order valence-corrected chi connectivity index (χ4v) is 2.52. The van der Waals surface area contributed by atoms with Crippen LogP contribution in [0.15, 0.2) is 6.07 Å². The van der Waals surface area contributed by atoms with Gasteiger partial charge in [-0.05, 0) is 32.1 Å². The Bertz CT molecular complexity index is 479. The molecule has 0 radical (unpaired) electrons. The zero-order valence-electron chi connectivity index (χ0n) is 12.2. The molecule has 0 aromatic carbocycles. The normalized spacial score (nSPS) is 22.9. The lowest BCUT2D eigenvalue weighted by Gasteiger charge is -2.27. The van der Waals surface area contributed by atoms with Crippen LogP contribution in [0.1, 0.15) is 45.2 Å². The van der Waals surface area contributed by atoms with Crippen molar-refractivity contribution in [2.45, 2.75) is 51.8 Å². The van der Waals surface area contributed by atoms with Crippen LogP contribution in [-0.4, -0.2) is 22.6 Å². The van der Waals surface area contributed by atoms with Crippen molar-refractivity contribution in [3.63, 3.8) is 0 Å². The van der Waals surface area contributed by atoms with Crippen molar-refractivity contribution < 1.29 is 17.9 Å². The molecule has 1 aliphatic rings. The van der Waals surface area contributed by atoms with Crippen LogP contribution in [0.3, 0.4) is 0 Å². The van der Waals surface area contributed by atoms with E-state index in [1.807, 2.05) is 0 Å². The molecule has 0 spiro atoms. The third-order valence-corrected chi connectivity index (χ3v) is 3.50. The molecule has 0 amide bonds. The minimum Gasteiger partial charge on any atom is -0.474 e. The molecule has 2 rings (SSSR count). The summed E-state index contributed by atoms with van der Waals surface area (Å²) in [5, 5.41) is 2.70. The van der Waals surface area contributed by atoms with Crippen molar-refractivity contribution in [2.75, 3.05) is 11.9 Å². The van der Waals surface area contributed by atoms with E-state index < -0.39 is 11.9 Å². The zero-order valence-corrected chi connectivity index (χ0v) is 12.2. The van der Waals surface area contributed by atoms with Crippen molar-refractivity contribution in [3.05, 3.63) is 11.8 Å². The SMILES string of the molecule is CCNc1nc(OC2CCCC(C)C2)cc(C(F)(F)F)n1. The number of anilines is 1. The third kappa shape index (κ3) is 4.47. The molecular weight excluding hydrogens is 283 g/mol. The standard InChI is InChI=1S/C14H20F3N3O/c1-3-18-13-19-11(14(15,16)17)8-12(20-13)21-10-6-4-5-9(2)7-10/h8-10H,3-7H2,1-2H3,(H,18,19,20). The summed E-state index contributed by atoms with van der Waals surface area (Å²) in [6.07, 6.45) is -0.707. The molecule has 4 nitrogen and oxygen atoms in total. The molecule has 1 aromatic heterocycles. The second kappa shape index (κ2) is 6.49. The van der Waals surface area contributed by atoms with Crippen LogP contribution in [0.5, 0.6) is 5.88 Å². The molecule has 1 N–H and O–H groups in total. The molecule has 1 aliphatic carbocycles. The molecular formula is C14H20F3N3O. The molecule has 1 heterocycles. The number of alkyl halides is 3. The summed E-state index contributed by atoms with van der Waals surface area (Å²) in [6.45, 7) is 4.34. The molecule has 21 heavy (non-hydrogen) atoms. The largest absolute Gasteiger partial charge is 0.474 e. The third-order valence-electron chi connectivity index (χ3n) is 3.50. The molecule has 0 saturated heterocycles. The van der Waals surface area contributed by atoms with Gasteiger partial charge in [0, 0.05) is 12.6 Å². The van der Waals surface area contributed by atoms with Gasteiger partial charge in [0.2, 0.25) is 11.8 Å². The Morgan fingerprint density at radius 2 is 2.10 bits per heavy atom. The molecule has 0 aliphatic heterocycles. The summed E-state index contributed by atoms with van der Waals surface area (Å²) >= 11 is 0. The van der Waals surface area contributed by atoms with Gasteiger partial charge < -0.3 is 10.1 Å². The highest BCUT2D eigenvalue weighted by Gasteiger charge is 2.34. The van der Waals surface area contributed by atoms with E-state index in [0.717, 1.165) is 31.7 Å². The summed E-state index contributed by atoms with van der Waals surface area (Å²) in [5.41, 5.74) is -0.979. The lowest BCUT2D eigenvalue weighted by Crippen LogP contribution is -2.25. The molecule has 2 atom stereocenters. The first-order valence-corrected chi connectivity index (χ1v) is 7.25. The van der Waals surface area contributed by atoms with Crippen LogP contribution in [0, 0.1) is 5.92 Å². The highest BCUT2D eigenvalue weighted by molar-refractivity contribution is 5.32. The number of rotatable bonds is 4. The molecule has 1 saturated carbocycles. The van der Waals surface area contributed by atoms with Crippen molar-refractivity contribution in [1.82, 2.24) is 9.97 Å². The van der Waals surface area contributed by atoms with E-state index in [1.54, 1.807) is 6.92 Å². The summed E-state index contributed by atoms with van der Waals surface area (Å²) in [6, 6.07) is 0.875. The first kappa shape index (κ1) is 15.9. The van der Waals surface area contributed by atoms with Crippen molar-refractivity contribution in [2.24, 2.45) is 5.92 Å². The molecule has 1 aromatic rings. The molecule has 0 bridgehead atoms. The van der Waals surface area contributed by atoms with E-state index in [1.165, 1.54) is 0 Å². The number of aromatic nitrogens is 2. The van der Waals surface area contributed by atoms with E-state index in [0.29, 0.717) is 12.5 Å². The van der Waals surface area contributed by atoms with Gasteiger partial charge in [-0.2, -0.15) is 18.2 Å². The first-order chi connectivity index (χ1) is 9.88. The fourth-order valence-electron chi connectivity index (χ4n) is 2.52. The average molecular weight is 303 g/mol. The lowest BCUT2D eigenvalue weighted by atomic mass is 9.89. The minimum atomic E-state index is -4.51. The number of hydrogen-bond donors (Lipinski definition) is 1. The minimum absolute atomic E-state index is 0.00706. The Labute approximate surface area is 122 Å². The van der Waals surface area contributed by atoms with E-state index in [-0.39, 0.29) is 17.9 Å². The number of hydrogen-bond acceptors (Lipinski definition) is 4. The lowest BCUT2D eigenvalue weighted by molar-refractivity contribution is -0.141. The van der Waals surface area contributed by atoms with Gasteiger partial charge in [0.1, 0.15) is 6.10 Å². The van der Waals surface area contributed by atoms with Gasteiger partial charge in [0.25, 0.3) is 0 Å². The van der Waals surface area contributed by atoms with Gasteiger partial charge in [-0.15, -0.1) is 0 Å². The predicted molar refractivity (Wildman–Crippen MR) is 73.2 cm³/mol. The van der Waals surface area contributed by atoms with Gasteiger partial charge in [-0.25, -0.2) is 4.98 Å². The zero-order chi connectivity index (χ0) is 15.5. The second-order valence-corrected chi connectivity index (χ2v) is 5.45. The Balaban J connectivity index is 2.19. The Kier molecular flexibility index (Phi) is 4.90. The van der Waals surface area contributed by atoms with Gasteiger partial charge in [-0.1, -0.05) is 13.3 Å². The Morgan fingerprint density at radius 3 is 2.71 bits per heavy atom. The van der Waals surface area contributed by atoms with E-state index in [2.05, 4.69) is 22.2 Å². The summed E-state index contributed by atoms with van der Waals surface area (Å²) in [7, 11) is 0. The fraction of sp³-hybridized carbons (Fsp3) is 0.714. The van der Waals surface area contributed by atoms with Gasteiger partial charge >= 0.3 is 6.18 Å². The van der Waals surface area contributed by atoms with Crippen molar-refractivity contribution in [3.8, 4) is 5.88 Å². The quantitative estimate of drug-likeness (QED) is 0.917. The van der Waals surface area contributed by atoms with E-state index >= 15 is 0 Å². The van der Waals surface area contributed by atoms with Crippen LogP contribution >= 0.6 is 0 Å². The Morgan fingerprint density at radius 1 is 1.33 bits per heavy atom. The smallest absolute Gasteiger partial charge is 0.433 e. The molecule has 2 unspecified atom stereocenters. The highest BCUT2D eigenvalue weighted by atomic mass is 19.4. The van der Waals surface area contributed by atoms with Crippen LogP contribution in [0.25, 0.3) is 0 Å². The Hall–Kier alpha value is -1.53. The number of halogens is 3. The summed E-state index contributed by atoms with van der Waals surface area (Å²) < 4.78 is 44.2. The van der Waals surface area contributed by atoms with Crippen LogP contribution in [-0.2, 0) is 6.18 Å². The van der Waals surface area contributed by atoms with Crippen LogP contribution < -0.4 is 10.1 Å². The maximum absolute atomic E-state index is 12.9. The maximum atomic E-state index is 12.9. The maximum Gasteiger partial charge on any atom is 0.433 e. The number of nitrogens with one attached hydrogen (secondary N) is 1. The van der Waals surface area contributed by atoms with Crippen molar-refractivity contribution in [1.29, 1.82) is 0 Å². The monoisotopic (exact) mass is 303 g/mol. The van der Waals surface area contributed by atoms with Crippen LogP contribution in [0.4, 0.5) is 19.1 Å². The van der Waals surface area contributed by atoms with Crippen LogP contribution in [0.2, 0.25) is 0 Å². The van der Waals surface area contributed by atoms with Crippen molar-refractivity contribution >= 4 is 5.95 Å². The van der Waals surface area contributed by atoms with E-state index in [4.69, 9.17) is 4.74 Å². The highest BCUT2D eigenvalue weighted by Crippen LogP contribution is 2.32. The van der Waals surface area contributed by atoms with Gasteiger partial charge in [0.15, 0.2) is 5.69 Å². The molecule has 118 valence electrons. The number of ether oxygens (including phenoxy) is 1. The average Bonchev–Trinajstić information content (AvgIpc) is 2.37. The topological polar surface area (TPSA) is 47.0 Å². The molecule has 7 heteroatoms. The summed E-state index contributed by atoms with van der Waals surface area (Å²) in [4.78, 5) is 7.49. The number of nitrogens with zero attached hydrogens (tertiary/aromatic N) is 2. The predicted octanol–water partition coefficient (Wildman–Crippen LogP) is 3.88. The molecule has 1 fully saturated rings.